The summed E-state index contributed by atoms with van der Waals surface area (Å²) in [7, 11) is 0. The van der Waals surface area contributed by atoms with Crippen LogP contribution in [-0.2, 0) is 0 Å². The maximum absolute atomic E-state index is 10.8. The summed E-state index contributed by atoms with van der Waals surface area (Å²) in [5, 5.41) is 14.1. The lowest BCUT2D eigenvalue weighted by molar-refractivity contribution is -0.384. The second-order valence-electron chi connectivity index (χ2n) is 4.73. The average Bonchev–Trinajstić information content (AvgIpc) is 2.36. The van der Waals surface area contributed by atoms with Crippen LogP contribution in [0.1, 0.15) is 38.8 Å². The molecule has 1 N–H and O–H groups in total. The molecule has 0 saturated heterocycles. The van der Waals surface area contributed by atoms with Crippen molar-refractivity contribution in [2.75, 3.05) is 0 Å². The van der Waals surface area contributed by atoms with E-state index in [1.807, 2.05) is 26.8 Å². The zero-order valence-electron chi connectivity index (χ0n) is 10.9. The molecule has 1 unspecified atom stereocenters. The number of rotatable bonds is 5. The van der Waals surface area contributed by atoms with Gasteiger partial charge in [0.1, 0.15) is 0 Å². The fourth-order valence-corrected chi connectivity index (χ4v) is 1.75. The van der Waals surface area contributed by atoms with Gasteiger partial charge in [-0.25, -0.2) is 0 Å². The van der Waals surface area contributed by atoms with Gasteiger partial charge in [-0.2, -0.15) is 0 Å². The van der Waals surface area contributed by atoms with Gasteiger partial charge in [0.15, 0.2) is 0 Å². The molecule has 0 aliphatic rings. The first kappa shape index (κ1) is 14.2. The number of nitrogens with one attached hydrogen (secondary N) is 1. The van der Waals surface area contributed by atoms with Crippen molar-refractivity contribution in [1.29, 1.82) is 0 Å². The number of nitro benzene ring substituents is 1. The van der Waals surface area contributed by atoms with Crippen LogP contribution in [0.3, 0.4) is 0 Å². The van der Waals surface area contributed by atoms with Gasteiger partial charge in [0, 0.05) is 18.2 Å². The van der Waals surface area contributed by atoms with E-state index in [1.54, 1.807) is 12.1 Å². The Morgan fingerprint density at radius 2 is 2.22 bits per heavy atom. The van der Waals surface area contributed by atoms with Crippen LogP contribution in [0.5, 0.6) is 0 Å². The molecule has 0 heterocycles. The van der Waals surface area contributed by atoms with Gasteiger partial charge >= 0.3 is 0 Å². The third-order valence-corrected chi connectivity index (χ3v) is 2.79. The molecule has 4 heteroatoms. The van der Waals surface area contributed by atoms with E-state index in [-0.39, 0.29) is 16.7 Å². The summed E-state index contributed by atoms with van der Waals surface area (Å²) >= 11 is 0. The van der Waals surface area contributed by atoms with E-state index in [9.17, 15) is 10.1 Å². The first-order valence-electron chi connectivity index (χ1n) is 5.89. The lowest BCUT2D eigenvalue weighted by Gasteiger charge is -2.27. The van der Waals surface area contributed by atoms with Crippen LogP contribution in [0.2, 0.25) is 0 Å². The number of benzene rings is 1. The zero-order valence-corrected chi connectivity index (χ0v) is 10.9. The van der Waals surface area contributed by atoms with Crippen molar-refractivity contribution in [2.24, 2.45) is 0 Å². The number of hydrogen-bond donors (Lipinski definition) is 1. The van der Waals surface area contributed by atoms with Gasteiger partial charge in [-0.05, 0) is 25.8 Å². The Hall–Kier alpha value is -1.86. The Bertz CT molecular complexity index is 475. The molecular weight excluding hydrogens is 228 g/mol. The number of terminal acetylenes is 1. The molecule has 0 amide bonds. The van der Waals surface area contributed by atoms with E-state index < -0.39 is 5.54 Å². The first-order valence-corrected chi connectivity index (χ1v) is 5.89. The predicted octanol–water partition coefficient (Wildman–Crippen LogP) is 3.05. The highest BCUT2D eigenvalue weighted by atomic mass is 16.6. The van der Waals surface area contributed by atoms with Gasteiger partial charge in [-0.1, -0.05) is 25.0 Å². The van der Waals surface area contributed by atoms with Gasteiger partial charge in [0.05, 0.1) is 10.5 Å². The van der Waals surface area contributed by atoms with E-state index in [4.69, 9.17) is 6.42 Å². The van der Waals surface area contributed by atoms with Gasteiger partial charge in [0.25, 0.3) is 5.69 Å². The predicted molar refractivity (Wildman–Crippen MR) is 72.2 cm³/mol. The smallest absolute Gasteiger partial charge is 0.269 e. The van der Waals surface area contributed by atoms with Crippen LogP contribution in [0.15, 0.2) is 24.3 Å². The van der Waals surface area contributed by atoms with Crippen LogP contribution in [0, 0.1) is 22.5 Å². The average molecular weight is 246 g/mol. The summed E-state index contributed by atoms with van der Waals surface area (Å²) < 4.78 is 0. The van der Waals surface area contributed by atoms with Gasteiger partial charge in [-0.3, -0.25) is 15.4 Å². The van der Waals surface area contributed by atoms with Crippen molar-refractivity contribution in [3.05, 3.63) is 39.9 Å². The molecule has 0 spiro atoms. The molecule has 4 nitrogen and oxygen atoms in total. The quantitative estimate of drug-likeness (QED) is 0.493. The lowest BCUT2D eigenvalue weighted by Crippen LogP contribution is -2.40. The molecule has 1 rings (SSSR count). The van der Waals surface area contributed by atoms with E-state index in [0.717, 1.165) is 12.0 Å². The summed E-state index contributed by atoms with van der Waals surface area (Å²) in [6.45, 7) is 5.84. The van der Waals surface area contributed by atoms with E-state index in [0.29, 0.717) is 0 Å². The molecule has 18 heavy (non-hydrogen) atoms. The topological polar surface area (TPSA) is 55.2 Å². The van der Waals surface area contributed by atoms with Crippen LogP contribution < -0.4 is 5.32 Å². The second kappa shape index (κ2) is 5.65. The Morgan fingerprint density at radius 3 is 2.72 bits per heavy atom. The minimum Gasteiger partial charge on any atom is -0.295 e. The van der Waals surface area contributed by atoms with Crippen molar-refractivity contribution >= 4 is 5.69 Å². The monoisotopic (exact) mass is 246 g/mol. The van der Waals surface area contributed by atoms with Crippen LogP contribution >= 0.6 is 0 Å². The molecule has 96 valence electrons. The molecule has 0 aliphatic carbocycles. The van der Waals surface area contributed by atoms with Crippen molar-refractivity contribution in [1.82, 2.24) is 5.32 Å². The highest BCUT2D eigenvalue weighted by molar-refractivity contribution is 5.36. The number of nitrogens with zero attached hydrogens (tertiary/aromatic N) is 1. The third kappa shape index (κ3) is 3.57. The van der Waals surface area contributed by atoms with E-state index in [1.165, 1.54) is 6.07 Å². The standard InChI is InChI=1S/C14H18N2O2/c1-5-13(15-14(3,4)6-2)11-8-7-9-12(10-11)16(17)18/h2,7-10,13,15H,5H2,1,3-4H3. The fourth-order valence-electron chi connectivity index (χ4n) is 1.75. The Kier molecular flexibility index (Phi) is 4.46. The van der Waals surface area contributed by atoms with Gasteiger partial charge in [0.2, 0.25) is 0 Å². The molecule has 1 aromatic carbocycles. The molecule has 1 aromatic rings. The minimum absolute atomic E-state index is 0.0101. The Labute approximate surface area is 108 Å². The highest BCUT2D eigenvalue weighted by Gasteiger charge is 2.20. The maximum atomic E-state index is 10.8. The maximum Gasteiger partial charge on any atom is 0.269 e. The molecule has 0 bridgehead atoms. The lowest BCUT2D eigenvalue weighted by atomic mass is 9.98. The van der Waals surface area contributed by atoms with Crippen molar-refractivity contribution in [3.63, 3.8) is 0 Å². The van der Waals surface area contributed by atoms with Crippen LogP contribution in [0.4, 0.5) is 5.69 Å². The molecule has 0 aliphatic heterocycles. The molecule has 0 fully saturated rings. The van der Waals surface area contributed by atoms with Crippen LogP contribution in [-0.4, -0.2) is 10.5 Å². The SMILES string of the molecule is C#CC(C)(C)NC(CC)c1cccc([N+](=O)[O-])c1. The summed E-state index contributed by atoms with van der Waals surface area (Å²) in [5.74, 6) is 2.67. The summed E-state index contributed by atoms with van der Waals surface area (Å²) in [5.41, 5.74) is 0.548. The van der Waals surface area contributed by atoms with E-state index in [2.05, 4.69) is 11.2 Å². The van der Waals surface area contributed by atoms with E-state index >= 15 is 0 Å². The molecule has 0 saturated carbocycles. The summed E-state index contributed by atoms with van der Waals surface area (Å²) in [4.78, 5) is 10.4. The largest absolute Gasteiger partial charge is 0.295 e. The molecule has 0 radical (unpaired) electrons. The van der Waals surface area contributed by atoms with Crippen molar-refractivity contribution in [3.8, 4) is 12.3 Å². The number of non-ortho nitro benzene ring substituents is 1. The normalized spacial score (nSPS) is 12.8. The zero-order chi connectivity index (χ0) is 13.8. The third-order valence-electron chi connectivity index (χ3n) is 2.79. The molecule has 0 aromatic heterocycles. The highest BCUT2D eigenvalue weighted by Crippen LogP contribution is 2.23. The Morgan fingerprint density at radius 1 is 1.56 bits per heavy atom. The van der Waals surface area contributed by atoms with Gasteiger partial charge in [-0.15, -0.1) is 6.42 Å². The summed E-state index contributed by atoms with van der Waals surface area (Å²) in [6.07, 6.45) is 6.26. The number of nitro groups is 1. The van der Waals surface area contributed by atoms with Crippen molar-refractivity contribution < 1.29 is 4.92 Å². The van der Waals surface area contributed by atoms with Crippen molar-refractivity contribution in [2.45, 2.75) is 38.8 Å². The fraction of sp³-hybridized carbons (Fsp3) is 0.429. The molecule has 1 atom stereocenters. The van der Waals surface area contributed by atoms with Crippen LogP contribution in [0.25, 0.3) is 0 Å². The summed E-state index contributed by atoms with van der Waals surface area (Å²) in [6, 6.07) is 6.66. The van der Waals surface area contributed by atoms with Gasteiger partial charge < -0.3 is 0 Å². The Balaban J connectivity index is 2.99. The minimum atomic E-state index is -0.439. The second-order valence-corrected chi connectivity index (χ2v) is 4.73. The molecular formula is C14H18N2O2. The first-order chi connectivity index (χ1) is 8.39. The number of hydrogen-bond acceptors (Lipinski definition) is 3.